The molecule has 67 heavy (non-hydrogen) atoms. The van der Waals surface area contributed by atoms with E-state index < -0.39 is 10.8 Å². The van der Waals surface area contributed by atoms with Crippen LogP contribution in [0, 0.1) is 0 Å². The van der Waals surface area contributed by atoms with Gasteiger partial charge < -0.3 is 5.32 Å². The van der Waals surface area contributed by atoms with Crippen molar-refractivity contribution < 1.29 is 0 Å². The molecule has 14 rings (SSSR count). The number of nitrogens with zero attached hydrogens (tertiary/aromatic N) is 1. The molecule has 0 fully saturated rings. The highest BCUT2D eigenvalue weighted by atomic mass is 32.2. The molecule has 10 aromatic rings. The summed E-state index contributed by atoms with van der Waals surface area (Å²) < 4.78 is 0. The Morgan fingerprint density at radius 3 is 1.52 bits per heavy atom. The Morgan fingerprint density at radius 2 is 0.851 bits per heavy atom. The lowest BCUT2D eigenvalue weighted by atomic mass is 9.51. The zero-order valence-corrected chi connectivity index (χ0v) is 37.3. The number of benzene rings is 10. The Kier molecular flexibility index (Phi) is 8.44. The van der Waals surface area contributed by atoms with Gasteiger partial charge in [0.15, 0.2) is 0 Å². The van der Waals surface area contributed by atoms with Gasteiger partial charge in [-0.05, 0) is 119 Å². The summed E-state index contributed by atoms with van der Waals surface area (Å²) in [6.07, 6.45) is 2.00. The van der Waals surface area contributed by atoms with Crippen molar-refractivity contribution in [3.05, 3.63) is 304 Å². The van der Waals surface area contributed by atoms with Crippen molar-refractivity contribution in [1.82, 2.24) is 5.32 Å². The Labute approximate surface area is 395 Å². The maximum absolute atomic E-state index is 5.26. The molecule has 1 N–H and O–H groups in total. The maximum atomic E-state index is 5.26. The van der Waals surface area contributed by atoms with Gasteiger partial charge in [0.05, 0.1) is 16.5 Å². The van der Waals surface area contributed by atoms with Gasteiger partial charge in [-0.3, -0.25) is 4.99 Å². The molecule has 0 aromatic heterocycles. The molecule has 2 nitrogen and oxygen atoms in total. The molecule has 2 aliphatic heterocycles. The van der Waals surface area contributed by atoms with E-state index in [4.69, 9.17) is 4.99 Å². The molecule has 0 radical (unpaired) electrons. The number of hydrogen-bond donors (Lipinski definition) is 1. The first kappa shape index (κ1) is 38.3. The summed E-state index contributed by atoms with van der Waals surface area (Å²) >= 11 is 1.90. The summed E-state index contributed by atoms with van der Waals surface area (Å²) in [6.45, 7) is 0. The molecule has 0 bridgehead atoms. The van der Waals surface area contributed by atoms with Crippen molar-refractivity contribution >= 4 is 33.9 Å². The van der Waals surface area contributed by atoms with Crippen LogP contribution < -0.4 is 5.32 Å². The Bertz CT molecular complexity index is 3620. The number of hydrogen-bond acceptors (Lipinski definition) is 3. The van der Waals surface area contributed by atoms with Gasteiger partial charge >= 0.3 is 0 Å². The zero-order valence-electron chi connectivity index (χ0n) is 36.5. The Hall–Kier alpha value is -7.98. The summed E-state index contributed by atoms with van der Waals surface area (Å²) in [6, 6.07) is 88.0. The topological polar surface area (TPSA) is 24.4 Å². The fourth-order valence-electron chi connectivity index (χ4n) is 12.0. The van der Waals surface area contributed by atoms with E-state index >= 15 is 0 Å². The zero-order chi connectivity index (χ0) is 44.1. The second-order valence-electron chi connectivity index (χ2n) is 18.2. The molecular formula is C64H42N2S. The number of aliphatic imine (C=N–C) groups is 1. The van der Waals surface area contributed by atoms with Crippen LogP contribution in [0.15, 0.2) is 257 Å². The highest BCUT2D eigenvalue weighted by molar-refractivity contribution is 7.99. The second-order valence-corrected chi connectivity index (χ2v) is 19.2. The quantitative estimate of drug-likeness (QED) is 0.191. The molecule has 314 valence electrons. The lowest BCUT2D eigenvalue weighted by Crippen LogP contribution is -2.45. The number of rotatable bonds is 4. The third kappa shape index (κ3) is 5.50. The highest BCUT2D eigenvalue weighted by Crippen LogP contribution is 2.67. The van der Waals surface area contributed by atoms with Crippen molar-refractivity contribution in [1.29, 1.82) is 0 Å². The van der Waals surface area contributed by atoms with E-state index in [-0.39, 0.29) is 6.17 Å². The van der Waals surface area contributed by atoms with E-state index in [9.17, 15) is 0 Å². The highest BCUT2D eigenvalue weighted by Gasteiger charge is 2.58. The molecule has 3 heteroatoms. The lowest BCUT2D eigenvalue weighted by molar-refractivity contribution is 0.605. The molecule has 0 saturated heterocycles. The largest absolute Gasteiger partial charge is 0.360 e. The minimum absolute atomic E-state index is 0.210. The first-order chi connectivity index (χ1) is 33.2. The van der Waals surface area contributed by atoms with Crippen molar-refractivity contribution in [3.63, 3.8) is 0 Å². The van der Waals surface area contributed by atoms with Crippen LogP contribution in [0.2, 0.25) is 0 Å². The van der Waals surface area contributed by atoms with Crippen LogP contribution in [0.4, 0.5) is 0 Å². The van der Waals surface area contributed by atoms with E-state index in [0.29, 0.717) is 0 Å². The summed E-state index contributed by atoms with van der Waals surface area (Å²) in [5, 5.41) is 6.22. The van der Waals surface area contributed by atoms with Crippen molar-refractivity contribution in [2.45, 2.75) is 26.8 Å². The van der Waals surface area contributed by atoms with E-state index in [2.05, 4.69) is 248 Å². The normalized spacial score (nSPS) is 16.4. The summed E-state index contributed by atoms with van der Waals surface area (Å²) in [5.41, 5.74) is 20.1. The standard InChI is InChI=1S/C64H42N2S/c1-2-17-44(18-3-1)62-65-58(40-59(66-62)47-35-32-41-16-4-5-19-45(41)38-47)43-33-30-42(31-34-43)46-36-37-51-49(39-46)48-20-6-7-21-50(48)63(51)52-22-8-10-24-54(52)64(55-25-11-9-23-53(55)63)56-26-12-14-28-60(56)67-61-29-15-13-27-57(61)64/h1-40,62,65H. The number of fused-ring (bicyclic) bond motifs is 16. The fourth-order valence-corrected chi connectivity index (χ4v) is 13.2. The van der Waals surface area contributed by atoms with Crippen LogP contribution in [-0.2, 0) is 10.8 Å². The predicted molar refractivity (Wildman–Crippen MR) is 276 cm³/mol. The van der Waals surface area contributed by atoms with E-state index in [1.807, 2.05) is 11.8 Å². The van der Waals surface area contributed by atoms with Gasteiger partial charge in [-0.25, -0.2) is 0 Å². The minimum Gasteiger partial charge on any atom is -0.360 e. The van der Waals surface area contributed by atoms with Gasteiger partial charge in [-0.2, -0.15) is 0 Å². The van der Waals surface area contributed by atoms with Gasteiger partial charge in [0, 0.05) is 21.1 Å². The molecule has 1 atom stereocenters. The van der Waals surface area contributed by atoms with E-state index in [1.165, 1.54) is 87.3 Å². The fraction of sp³-hybridized carbons (Fsp3) is 0.0469. The van der Waals surface area contributed by atoms with Crippen LogP contribution >= 0.6 is 11.8 Å². The van der Waals surface area contributed by atoms with Gasteiger partial charge in [0.25, 0.3) is 0 Å². The average molecular weight is 871 g/mol. The maximum Gasteiger partial charge on any atom is 0.145 e. The second kappa shape index (κ2) is 14.8. The van der Waals surface area contributed by atoms with Crippen LogP contribution in [-0.4, -0.2) is 5.71 Å². The van der Waals surface area contributed by atoms with E-state index in [1.54, 1.807) is 0 Å². The molecule has 0 amide bonds. The predicted octanol–water partition coefficient (Wildman–Crippen LogP) is 15.2. The van der Waals surface area contributed by atoms with Crippen LogP contribution in [0.25, 0.3) is 38.7 Å². The third-order valence-electron chi connectivity index (χ3n) is 14.8. The van der Waals surface area contributed by atoms with Gasteiger partial charge in [0.1, 0.15) is 6.17 Å². The molecule has 4 aliphatic rings. The SMILES string of the molecule is C1=C(c2ccc(-c3ccc4c(c3)-c3ccccc3C43c4ccccc4C4(c5ccccc5Sc5ccccc54)c4ccccc43)cc2)NC(c2ccccc2)N=C1c1ccc2ccccc2c1. The Balaban J connectivity index is 0.901. The minimum atomic E-state index is -0.514. The van der Waals surface area contributed by atoms with E-state index in [0.717, 1.165) is 28.1 Å². The van der Waals surface area contributed by atoms with Crippen molar-refractivity contribution in [2.24, 2.45) is 4.99 Å². The van der Waals surface area contributed by atoms with Gasteiger partial charge in [-0.1, -0.05) is 224 Å². The number of nitrogens with one attached hydrogen (secondary N) is 1. The molecule has 0 saturated carbocycles. The lowest BCUT2D eigenvalue weighted by Gasteiger charge is -2.51. The van der Waals surface area contributed by atoms with Crippen molar-refractivity contribution in [3.8, 4) is 22.3 Å². The molecule has 2 heterocycles. The smallest absolute Gasteiger partial charge is 0.145 e. The third-order valence-corrected chi connectivity index (χ3v) is 16.0. The van der Waals surface area contributed by atoms with Crippen LogP contribution in [0.3, 0.4) is 0 Å². The van der Waals surface area contributed by atoms with Gasteiger partial charge in [0.2, 0.25) is 0 Å². The van der Waals surface area contributed by atoms with Crippen molar-refractivity contribution in [2.75, 3.05) is 0 Å². The van der Waals surface area contributed by atoms with Crippen LogP contribution in [0.5, 0.6) is 0 Å². The molecule has 1 unspecified atom stereocenters. The Morgan fingerprint density at radius 1 is 0.358 bits per heavy atom. The first-order valence-corrected chi connectivity index (χ1v) is 24.0. The average Bonchev–Trinajstić information content (AvgIpc) is 3.70. The summed E-state index contributed by atoms with van der Waals surface area (Å²) in [7, 11) is 0. The molecule has 2 aliphatic carbocycles. The molecular weight excluding hydrogens is 829 g/mol. The molecule has 10 aromatic carbocycles. The monoisotopic (exact) mass is 870 g/mol. The first-order valence-electron chi connectivity index (χ1n) is 23.2. The van der Waals surface area contributed by atoms with Crippen LogP contribution in [0.1, 0.15) is 67.4 Å². The summed E-state index contributed by atoms with van der Waals surface area (Å²) in [4.78, 5) is 7.89. The number of allylic oxidation sites excluding steroid dienone is 1. The van der Waals surface area contributed by atoms with Gasteiger partial charge in [-0.15, -0.1) is 0 Å². The summed E-state index contributed by atoms with van der Waals surface area (Å²) in [5.74, 6) is 0. The molecule has 2 spiro atoms.